The highest BCUT2D eigenvalue weighted by Crippen LogP contribution is 2.28. The first-order valence-corrected chi connectivity index (χ1v) is 7.98. The van der Waals surface area contributed by atoms with Crippen molar-refractivity contribution in [2.24, 2.45) is 16.1 Å². The number of benzene rings is 1. The van der Waals surface area contributed by atoms with Gasteiger partial charge in [0, 0.05) is 22.7 Å². The third kappa shape index (κ3) is 4.32. The van der Waals surface area contributed by atoms with Crippen LogP contribution in [0.2, 0.25) is 5.02 Å². The number of nitrogens with two attached hydrogens (primary N) is 1. The van der Waals surface area contributed by atoms with E-state index in [1.165, 1.54) is 0 Å². The Hall–Kier alpha value is -1.88. The molecule has 1 aliphatic heterocycles. The first-order chi connectivity index (χ1) is 10.7. The number of rotatable bonds is 4. The molecule has 0 radical (unpaired) electrons. The van der Waals surface area contributed by atoms with Crippen molar-refractivity contribution in [3.8, 4) is 0 Å². The molecule has 1 atom stereocenters. The first-order valence-electron chi connectivity index (χ1n) is 7.61. The highest BCUT2D eigenvalue weighted by molar-refractivity contribution is 6.30. The molecule has 1 aromatic carbocycles. The smallest absolute Gasteiger partial charge is 0.270 e. The zero-order valence-corrected chi connectivity index (χ0v) is 14.4. The fourth-order valence-corrected chi connectivity index (χ4v) is 2.40. The maximum Gasteiger partial charge on any atom is 0.270 e. The summed E-state index contributed by atoms with van der Waals surface area (Å²) < 4.78 is 0. The minimum atomic E-state index is -0.491. The van der Waals surface area contributed by atoms with Crippen LogP contribution < -0.4 is 10.6 Å². The van der Waals surface area contributed by atoms with Gasteiger partial charge in [-0.05, 0) is 30.7 Å². The highest BCUT2D eigenvalue weighted by atomic mass is 35.5. The fourth-order valence-electron chi connectivity index (χ4n) is 2.27. The lowest BCUT2D eigenvalue weighted by molar-refractivity contribution is -0.125. The lowest BCUT2D eigenvalue weighted by Gasteiger charge is -2.40. The van der Waals surface area contributed by atoms with Gasteiger partial charge in [-0.15, -0.1) is 0 Å². The molecule has 2 N–H and O–H groups in total. The van der Waals surface area contributed by atoms with E-state index in [0.29, 0.717) is 5.02 Å². The van der Waals surface area contributed by atoms with E-state index in [-0.39, 0.29) is 30.0 Å². The van der Waals surface area contributed by atoms with Crippen LogP contribution in [0.4, 0.5) is 5.69 Å². The van der Waals surface area contributed by atoms with Crippen LogP contribution in [0.5, 0.6) is 0 Å². The third-order valence-electron chi connectivity index (χ3n) is 3.89. The second kappa shape index (κ2) is 6.71. The molecule has 1 heterocycles. The number of amides is 1. The number of halogens is 1. The topological polar surface area (TPSA) is 75.8 Å². The van der Waals surface area contributed by atoms with Crippen molar-refractivity contribution in [1.82, 2.24) is 0 Å². The number of nitrogens with zero attached hydrogens (tertiary/aromatic N) is 2. The van der Waals surface area contributed by atoms with Gasteiger partial charge in [0.05, 0.1) is 6.42 Å². The summed E-state index contributed by atoms with van der Waals surface area (Å²) in [6.45, 7) is 6.24. The van der Waals surface area contributed by atoms with Crippen LogP contribution in [-0.2, 0) is 9.59 Å². The molecular weight excluding hydrogens is 314 g/mol. The zero-order chi connectivity index (χ0) is 17.2. The summed E-state index contributed by atoms with van der Waals surface area (Å²) in [5.41, 5.74) is 6.20. The molecule has 1 aromatic rings. The Balaban J connectivity index is 2.01. The van der Waals surface area contributed by atoms with Gasteiger partial charge in [0.25, 0.3) is 5.91 Å². The molecular formula is C17H22ClN3O2. The highest BCUT2D eigenvalue weighted by Gasteiger charge is 2.34. The van der Waals surface area contributed by atoms with Crippen LogP contribution in [-0.4, -0.2) is 30.1 Å². The summed E-state index contributed by atoms with van der Waals surface area (Å²) in [5, 5.41) is 0.653. The van der Waals surface area contributed by atoms with E-state index in [9.17, 15) is 9.59 Å². The van der Waals surface area contributed by atoms with E-state index in [1.807, 2.05) is 37.8 Å². The summed E-state index contributed by atoms with van der Waals surface area (Å²) in [6.07, 6.45) is 0.731. The van der Waals surface area contributed by atoms with Gasteiger partial charge in [0.1, 0.15) is 17.7 Å². The summed E-state index contributed by atoms with van der Waals surface area (Å²) in [7, 11) is 0. The second-order valence-electron chi connectivity index (χ2n) is 6.77. The van der Waals surface area contributed by atoms with E-state index < -0.39 is 5.41 Å². The molecule has 2 rings (SSSR count). The van der Waals surface area contributed by atoms with Crippen LogP contribution in [0.3, 0.4) is 0 Å². The Bertz CT molecular complexity index is 632. The Morgan fingerprint density at radius 2 is 1.91 bits per heavy atom. The van der Waals surface area contributed by atoms with Crippen LogP contribution in [0.15, 0.2) is 29.3 Å². The molecule has 0 spiro atoms. The van der Waals surface area contributed by atoms with Gasteiger partial charge in [-0.3, -0.25) is 9.59 Å². The van der Waals surface area contributed by atoms with Gasteiger partial charge in [-0.1, -0.05) is 32.4 Å². The van der Waals surface area contributed by atoms with Gasteiger partial charge in [-0.25, -0.2) is 0 Å². The molecule has 1 amide bonds. The molecule has 0 aromatic heterocycles. The van der Waals surface area contributed by atoms with Crippen molar-refractivity contribution in [3.05, 3.63) is 29.3 Å². The third-order valence-corrected chi connectivity index (χ3v) is 4.15. The average Bonchev–Trinajstić information content (AvgIpc) is 2.38. The molecule has 0 aliphatic carbocycles. The Morgan fingerprint density at radius 1 is 1.30 bits per heavy atom. The molecule has 6 heteroatoms. The number of amidine groups is 1. The monoisotopic (exact) mass is 335 g/mol. The molecule has 124 valence electrons. The lowest BCUT2D eigenvalue weighted by Crippen LogP contribution is -2.52. The Morgan fingerprint density at radius 3 is 2.39 bits per heavy atom. The molecule has 0 bridgehead atoms. The molecule has 0 saturated carbocycles. The van der Waals surface area contributed by atoms with E-state index in [1.54, 1.807) is 12.1 Å². The van der Waals surface area contributed by atoms with Gasteiger partial charge >= 0.3 is 0 Å². The van der Waals surface area contributed by atoms with Gasteiger partial charge < -0.3 is 10.6 Å². The van der Waals surface area contributed by atoms with Crippen molar-refractivity contribution in [3.63, 3.8) is 0 Å². The molecule has 1 saturated heterocycles. The van der Waals surface area contributed by atoms with Crippen LogP contribution in [0.1, 0.15) is 33.6 Å². The summed E-state index contributed by atoms with van der Waals surface area (Å²) in [6, 6.07) is 7.00. The maximum absolute atomic E-state index is 12.3. The van der Waals surface area contributed by atoms with Crippen molar-refractivity contribution in [2.75, 3.05) is 11.4 Å². The minimum absolute atomic E-state index is 0.00288. The second-order valence-corrected chi connectivity index (χ2v) is 7.20. The van der Waals surface area contributed by atoms with E-state index in [4.69, 9.17) is 17.3 Å². The van der Waals surface area contributed by atoms with E-state index in [2.05, 4.69) is 4.99 Å². The maximum atomic E-state index is 12.3. The lowest BCUT2D eigenvalue weighted by atomic mass is 9.89. The number of aliphatic imine (C=N–C) groups is 1. The number of hydrogen-bond donors (Lipinski definition) is 1. The molecule has 5 nitrogen and oxygen atoms in total. The van der Waals surface area contributed by atoms with Gasteiger partial charge in [0.15, 0.2) is 0 Å². The SMILES string of the molecule is CC(C)(C)C(=O)CC(N)=NC(=O)C1CCN1c1ccc(Cl)cc1. The first kappa shape index (κ1) is 17.5. The van der Waals surface area contributed by atoms with Crippen LogP contribution in [0.25, 0.3) is 0 Å². The van der Waals surface area contributed by atoms with Crippen molar-refractivity contribution >= 4 is 34.8 Å². The standard InChI is InChI=1S/C17H22ClN3O2/c1-17(2,3)14(22)10-15(19)20-16(23)13-8-9-21(13)12-6-4-11(18)5-7-12/h4-7,13H,8-10H2,1-3H3,(H2,19,20,23). The predicted molar refractivity (Wildman–Crippen MR) is 92.9 cm³/mol. The normalized spacial score (nSPS) is 18.5. The van der Waals surface area contributed by atoms with Crippen molar-refractivity contribution in [2.45, 2.75) is 39.7 Å². The quantitative estimate of drug-likeness (QED) is 0.678. The molecule has 1 aliphatic rings. The van der Waals surface area contributed by atoms with Gasteiger partial charge in [-0.2, -0.15) is 4.99 Å². The van der Waals surface area contributed by atoms with Crippen LogP contribution >= 0.6 is 11.6 Å². The van der Waals surface area contributed by atoms with Crippen molar-refractivity contribution in [1.29, 1.82) is 0 Å². The fraction of sp³-hybridized carbons (Fsp3) is 0.471. The van der Waals surface area contributed by atoms with Crippen LogP contribution in [0, 0.1) is 5.41 Å². The Kier molecular flexibility index (Phi) is 5.09. The average molecular weight is 336 g/mol. The number of carbonyl (C=O) groups is 2. The number of ketones is 1. The number of anilines is 1. The molecule has 23 heavy (non-hydrogen) atoms. The Labute approximate surface area is 141 Å². The predicted octanol–water partition coefficient (Wildman–Crippen LogP) is 2.81. The van der Waals surface area contributed by atoms with Crippen molar-refractivity contribution < 1.29 is 9.59 Å². The minimum Gasteiger partial charge on any atom is -0.387 e. The number of carbonyl (C=O) groups excluding carboxylic acids is 2. The number of hydrogen-bond acceptors (Lipinski definition) is 3. The molecule has 1 unspecified atom stereocenters. The number of Topliss-reactive ketones (excluding diaryl/α,β-unsaturated/α-hetero) is 1. The summed E-state index contributed by atoms with van der Waals surface area (Å²) >= 11 is 5.87. The zero-order valence-electron chi connectivity index (χ0n) is 13.7. The molecule has 1 fully saturated rings. The largest absolute Gasteiger partial charge is 0.387 e. The summed E-state index contributed by atoms with van der Waals surface area (Å²) in [5.74, 6) is -0.252. The van der Waals surface area contributed by atoms with Gasteiger partial charge in [0.2, 0.25) is 0 Å². The summed E-state index contributed by atoms with van der Waals surface area (Å²) in [4.78, 5) is 30.1. The van der Waals surface area contributed by atoms with E-state index in [0.717, 1.165) is 18.7 Å². The van der Waals surface area contributed by atoms with E-state index >= 15 is 0 Å².